The van der Waals surface area contributed by atoms with Crippen LogP contribution in [0.1, 0.15) is 26.7 Å². The van der Waals surface area contributed by atoms with Crippen LogP contribution in [0.5, 0.6) is 0 Å². The molecule has 1 aromatic rings. The molecule has 2 heterocycles. The van der Waals surface area contributed by atoms with E-state index in [1.54, 1.807) is 12.1 Å². The van der Waals surface area contributed by atoms with Gasteiger partial charge in [-0.15, -0.1) is 0 Å². The number of nitro benzene ring substituents is 1. The summed E-state index contributed by atoms with van der Waals surface area (Å²) in [4.78, 5) is 27.9. The highest BCUT2D eigenvalue weighted by Crippen LogP contribution is 2.31. The lowest BCUT2D eigenvalue weighted by atomic mass is 9.95. The van der Waals surface area contributed by atoms with Crippen LogP contribution < -0.4 is 10.2 Å². The van der Waals surface area contributed by atoms with Crippen LogP contribution in [0.25, 0.3) is 0 Å². The summed E-state index contributed by atoms with van der Waals surface area (Å²) in [5.74, 6) is 0.634. The standard InChI is InChI=1S/C21H32N4O4/c1-16(2)14-23-11-12-29-18(15-23)13-22-21(26)17-7-9-24(10-8-17)19-5-3-4-6-20(19)25(27)28/h3-6,16-18H,7-15H2,1-2H3,(H,22,26). The number of piperidine rings is 1. The molecule has 1 N–H and O–H groups in total. The van der Waals surface area contributed by atoms with E-state index in [0.717, 1.165) is 19.6 Å². The smallest absolute Gasteiger partial charge is 0.292 e. The second kappa shape index (κ2) is 10.0. The molecule has 1 amide bonds. The molecule has 0 bridgehead atoms. The number of nitrogens with one attached hydrogen (secondary N) is 1. The van der Waals surface area contributed by atoms with Crippen LogP contribution in [-0.2, 0) is 9.53 Å². The van der Waals surface area contributed by atoms with Crippen LogP contribution in [0.2, 0.25) is 0 Å². The lowest BCUT2D eigenvalue weighted by Crippen LogP contribution is -2.49. The van der Waals surface area contributed by atoms with Gasteiger partial charge in [0.15, 0.2) is 0 Å². The first kappa shape index (κ1) is 21.5. The lowest BCUT2D eigenvalue weighted by molar-refractivity contribution is -0.384. The Labute approximate surface area is 172 Å². The van der Waals surface area contributed by atoms with Crippen molar-refractivity contribution in [2.24, 2.45) is 11.8 Å². The number of para-hydroxylation sites is 2. The first-order valence-corrected chi connectivity index (χ1v) is 10.5. The van der Waals surface area contributed by atoms with Gasteiger partial charge in [0.25, 0.3) is 5.69 Å². The third-order valence-corrected chi connectivity index (χ3v) is 5.64. The molecule has 2 fully saturated rings. The van der Waals surface area contributed by atoms with Gasteiger partial charge in [-0.1, -0.05) is 26.0 Å². The maximum Gasteiger partial charge on any atom is 0.292 e. The Bertz CT molecular complexity index is 704. The van der Waals surface area contributed by atoms with E-state index in [2.05, 4.69) is 24.1 Å². The van der Waals surface area contributed by atoms with Crippen LogP contribution in [0.15, 0.2) is 24.3 Å². The Balaban J connectivity index is 1.45. The fourth-order valence-corrected chi connectivity index (χ4v) is 4.21. The lowest BCUT2D eigenvalue weighted by Gasteiger charge is -2.35. The van der Waals surface area contributed by atoms with Crippen molar-refractivity contribution in [3.05, 3.63) is 34.4 Å². The van der Waals surface area contributed by atoms with Crippen molar-refractivity contribution in [3.63, 3.8) is 0 Å². The molecule has 1 unspecified atom stereocenters. The molecule has 0 radical (unpaired) electrons. The Hall–Kier alpha value is -2.19. The molecule has 29 heavy (non-hydrogen) atoms. The van der Waals surface area contributed by atoms with Crippen LogP contribution in [0.3, 0.4) is 0 Å². The minimum Gasteiger partial charge on any atom is -0.374 e. The number of anilines is 1. The molecule has 0 saturated carbocycles. The summed E-state index contributed by atoms with van der Waals surface area (Å²) in [6.45, 7) is 9.82. The Morgan fingerprint density at radius 2 is 2.00 bits per heavy atom. The fourth-order valence-electron chi connectivity index (χ4n) is 4.21. The number of amides is 1. The number of ether oxygens (including phenoxy) is 1. The van der Waals surface area contributed by atoms with Crippen LogP contribution in [0.4, 0.5) is 11.4 Å². The van der Waals surface area contributed by atoms with Crippen molar-refractivity contribution < 1.29 is 14.5 Å². The highest BCUT2D eigenvalue weighted by atomic mass is 16.6. The number of hydrogen-bond acceptors (Lipinski definition) is 6. The quantitative estimate of drug-likeness (QED) is 0.554. The molecule has 2 saturated heterocycles. The average Bonchev–Trinajstić information content (AvgIpc) is 2.72. The van der Waals surface area contributed by atoms with Crippen molar-refractivity contribution in [1.82, 2.24) is 10.2 Å². The molecular weight excluding hydrogens is 372 g/mol. The van der Waals surface area contributed by atoms with Crippen molar-refractivity contribution >= 4 is 17.3 Å². The second-order valence-electron chi connectivity index (χ2n) is 8.40. The van der Waals surface area contributed by atoms with E-state index in [0.29, 0.717) is 50.7 Å². The summed E-state index contributed by atoms with van der Waals surface area (Å²) >= 11 is 0. The molecule has 0 aromatic heterocycles. The predicted molar refractivity (Wildman–Crippen MR) is 112 cm³/mol. The highest BCUT2D eigenvalue weighted by molar-refractivity contribution is 5.79. The monoisotopic (exact) mass is 404 g/mol. The largest absolute Gasteiger partial charge is 0.374 e. The maximum absolute atomic E-state index is 12.6. The molecule has 0 aliphatic carbocycles. The van der Waals surface area contributed by atoms with Gasteiger partial charge in [0.1, 0.15) is 5.69 Å². The second-order valence-corrected chi connectivity index (χ2v) is 8.40. The van der Waals surface area contributed by atoms with Gasteiger partial charge in [0.2, 0.25) is 5.91 Å². The molecule has 2 aliphatic heterocycles. The highest BCUT2D eigenvalue weighted by Gasteiger charge is 2.29. The van der Waals surface area contributed by atoms with Gasteiger partial charge in [-0.05, 0) is 24.8 Å². The van der Waals surface area contributed by atoms with Gasteiger partial charge < -0.3 is 15.0 Å². The molecule has 0 spiro atoms. The van der Waals surface area contributed by atoms with E-state index >= 15 is 0 Å². The Morgan fingerprint density at radius 3 is 2.69 bits per heavy atom. The number of carbonyl (C=O) groups is 1. The fraction of sp³-hybridized carbons (Fsp3) is 0.667. The van der Waals surface area contributed by atoms with Crippen molar-refractivity contribution in [1.29, 1.82) is 0 Å². The Kier molecular flexibility index (Phi) is 7.44. The third kappa shape index (κ3) is 5.90. The summed E-state index contributed by atoms with van der Waals surface area (Å²) in [5.41, 5.74) is 0.757. The Morgan fingerprint density at radius 1 is 1.28 bits per heavy atom. The topological polar surface area (TPSA) is 88.0 Å². The molecule has 160 valence electrons. The number of carbonyl (C=O) groups excluding carboxylic acids is 1. The zero-order chi connectivity index (χ0) is 20.8. The molecule has 3 rings (SSSR count). The maximum atomic E-state index is 12.6. The number of morpholine rings is 1. The van der Waals surface area contributed by atoms with E-state index in [4.69, 9.17) is 4.74 Å². The number of rotatable bonds is 7. The first-order chi connectivity index (χ1) is 13.9. The molecule has 1 aromatic carbocycles. The van der Waals surface area contributed by atoms with Gasteiger partial charge in [-0.2, -0.15) is 0 Å². The van der Waals surface area contributed by atoms with E-state index in [1.807, 2.05) is 11.0 Å². The first-order valence-electron chi connectivity index (χ1n) is 10.5. The average molecular weight is 405 g/mol. The number of hydrogen-bond donors (Lipinski definition) is 1. The molecular formula is C21H32N4O4. The van der Waals surface area contributed by atoms with Gasteiger partial charge in [-0.3, -0.25) is 19.8 Å². The van der Waals surface area contributed by atoms with Gasteiger partial charge in [0.05, 0.1) is 17.6 Å². The van der Waals surface area contributed by atoms with E-state index in [1.165, 1.54) is 6.07 Å². The minimum atomic E-state index is -0.346. The van der Waals surface area contributed by atoms with E-state index in [9.17, 15) is 14.9 Å². The van der Waals surface area contributed by atoms with Gasteiger partial charge >= 0.3 is 0 Å². The van der Waals surface area contributed by atoms with Crippen molar-refractivity contribution in [2.75, 3.05) is 50.8 Å². The predicted octanol–water partition coefficient (Wildman–Crippen LogP) is 2.28. The van der Waals surface area contributed by atoms with E-state index < -0.39 is 0 Å². The summed E-state index contributed by atoms with van der Waals surface area (Å²) in [7, 11) is 0. The third-order valence-electron chi connectivity index (χ3n) is 5.64. The molecule has 8 heteroatoms. The van der Waals surface area contributed by atoms with Crippen LogP contribution in [0, 0.1) is 22.0 Å². The molecule has 2 aliphatic rings. The van der Waals surface area contributed by atoms with Gasteiger partial charge in [0, 0.05) is 51.3 Å². The number of benzene rings is 1. The summed E-state index contributed by atoms with van der Waals surface area (Å²) in [5, 5.41) is 14.3. The zero-order valence-corrected chi connectivity index (χ0v) is 17.4. The summed E-state index contributed by atoms with van der Waals surface area (Å²) < 4.78 is 5.81. The minimum absolute atomic E-state index is 0.0403. The van der Waals surface area contributed by atoms with Gasteiger partial charge in [-0.25, -0.2) is 0 Å². The van der Waals surface area contributed by atoms with Crippen LogP contribution in [-0.4, -0.2) is 67.7 Å². The van der Waals surface area contributed by atoms with Crippen LogP contribution >= 0.6 is 0 Å². The normalized spacial score (nSPS) is 21.3. The summed E-state index contributed by atoms with van der Waals surface area (Å²) in [6, 6.07) is 6.80. The number of nitrogens with zero attached hydrogens (tertiary/aromatic N) is 3. The zero-order valence-electron chi connectivity index (χ0n) is 17.4. The SMILES string of the molecule is CC(C)CN1CCOC(CNC(=O)C2CCN(c3ccccc3[N+](=O)[O-])CC2)C1. The van der Waals surface area contributed by atoms with Crippen molar-refractivity contribution in [2.45, 2.75) is 32.8 Å². The summed E-state index contributed by atoms with van der Waals surface area (Å²) in [6.07, 6.45) is 1.43. The number of nitro groups is 1. The molecule has 1 atom stereocenters. The van der Waals surface area contributed by atoms with Crippen molar-refractivity contribution in [3.8, 4) is 0 Å². The van der Waals surface area contributed by atoms with E-state index in [-0.39, 0.29) is 28.5 Å². The molecule has 8 nitrogen and oxygen atoms in total.